The maximum absolute atomic E-state index is 11.2. The molecule has 0 aliphatic heterocycles. The molecular weight excluding hydrogens is 494 g/mol. The molecule has 214 valence electrons. The average molecular weight is 538 g/mol. The second kappa shape index (κ2) is 14.9. The largest absolute Gasteiger partial charge is 0.481 e. The van der Waals surface area contributed by atoms with Crippen molar-refractivity contribution in [3.63, 3.8) is 0 Å². The van der Waals surface area contributed by atoms with Crippen molar-refractivity contribution in [2.75, 3.05) is 33.8 Å². The molecule has 2 atom stereocenters. The fourth-order valence-electron chi connectivity index (χ4n) is 5.68. The lowest BCUT2D eigenvalue weighted by molar-refractivity contribution is -0.711. The molecule has 1 aromatic carbocycles. The summed E-state index contributed by atoms with van der Waals surface area (Å²) in [7, 11) is 3.97. The number of aliphatic hydroxyl groups is 1. The number of nitrogens with zero attached hydrogens (tertiary/aromatic N) is 2. The summed E-state index contributed by atoms with van der Waals surface area (Å²) in [5.41, 5.74) is -0.525. The molecule has 3 rings (SSSR count). The lowest BCUT2D eigenvalue weighted by atomic mass is 9.71. The molecule has 1 aromatic rings. The van der Waals surface area contributed by atoms with Gasteiger partial charge in [-0.25, -0.2) is 4.79 Å². The molecule has 0 aromatic heterocycles. The lowest BCUT2D eigenvalue weighted by Gasteiger charge is -2.41. The Morgan fingerprint density at radius 3 is 2.45 bits per heavy atom. The van der Waals surface area contributed by atoms with Gasteiger partial charge in [0, 0.05) is 19.0 Å². The summed E-state index contributed by atoms with van der Waals surface area (Å²) in [4.78, 5) is 39.2. The van der Waals surface area contributed by atoms with Crippen molar-refractivity contribution in [1.82, 2.24) is 10.2 Å². The van der Waals surface area contributed by atoms with E-state index in [0.29, 0.717) is 25.1 Å². The predicted molar refractivity (Wildman–Crippen MR) is 141 cm³/mol. The van der Waals surface area contributed by atoms with E-state index in [1.54, 1.807) is 19.1 Å². The summed E-state index contributed by atoms with van der Waals surface area (Å²) >= 11 is 0. The zero-order valence-electron chi connectivity index (χ0n) is 22.8. The zero-order valence-corrected chi connectivity index (χ0v) is 22.8. The topological polar surface area (TPSA) is 151 Å². The second-order valence-corrected chi connectivity index (χ2v) is 10.7. The normalized spacial score (nSPS) is 22.5. The zero-order chi connectivity index (χ0) is 28.2. The molecule has 0 bridgehead atoms. The van der Waals surface area contributed by atoms with Crippen molar-refractivity contribution >= 4 is 12.1 Å². The van der Waals surface area contributed by atoms with Gasteiger partial charge in [-0.2, -0.15) is 0 Å². The SMILES string of the molecule is CCOC(=O)NCC1(CC(=O)O)CCCCC1.CN(C)C[C@H]1CCCC[C@@]1(O)c1cccc(O[N+](=O)[O-])c1. The van der Waals surface area contributed by atoms with E-state index in [-0.39, 0.29) is 23.5 Å². The number of ether oxygens (including phenoxy) is 1. The number of hydrogen-bond donors (Lipinski definition) is 3. The highest BCUT2D eigenvalue weighted by atomic mass is 17.0. The summed E-state index contributed by atoms with van der Waals surface area (Å²) in [5.74, 6) is -0.523. The Morgan fingerprint density at radius 1 is 1.16 bits per heavy atom. The van der Waals surface area contributed by atoms with Gasteiger partial charge >= 0.3 is 12.1 Å². The van der Waals surface area contributed by atoms with Gasteiger partial charge in [-0.1, -0.05) is 44.2 Å². The van der Waals surface area contributed by atoms with Gasteiger partial charge in [0.05, 0.1) is 18.6 Å². The van der Waals surface area contributed by atoms with Gasteiger partial charge in [0.25, 0.3) is 5.09 Å². The Labute approximate surface area is 224 Å². The molecule has 2 saturated carbocycles. The number of carboxylic acids is 1. The first-order chi connectivity index (χ1) is 18.0. The van der Waals surface area contributed by atoms with Crippen molar-refractivity contribution in [1.29, 1.82) is 0 Å². The van der Waals surface area contributed by atoms with Crippen molar-refractivity contribution in [3.05, 3.63) is 39.9 Å². The first-order valence-electron chi connectivity index (χ1n) is 13.4. The Kier molecular flexibility index (Phi) is 12.2. The van der Waals surface area contributed by atoms with Crippen molar-refractivity contribution < 1.29 is 34.5 Å². The van der Waals surface area contributed by atoms with E-state index in [4.69, 9.17) is 9.84 Å². The number of amides is 1. The fraction of sp³-hybridized carbons (Fsp3) is 0.704. The Balaban J connectivity index is 0.000000273. The molecule has 3 N–H and O–H groups in total. The van der Waals surface area contributed by atoms with E-state index < -0.39 is 22.8 Å². The predicted octanol–water partition coefficient (Wildman–Crippen LogP) is 4.35. The fourth-order valence-corrected chi connectivity index (χ4v) is 5.68. The highest BCUT2D eigenvalue weighted by molar-refractivity contribution is 5.69. The number of carbonyl (C=O) groups is 2. The van der Waals surface area contributed by atoms with E-state index in [1.165, 1.54) is 6.07 Å². The van der Waals surface area contributed by atoms with Gasteiger partial charge in [-0.3, -0.25) is 9.63 Å². The van der Waals surface area contributed by atoms with Crippen LogP contribution in [-0.2, 0) is 15.1 Å². The summed E-state index contributed by atoms with van der Waals surface area (Å²) < 4.78 is 4.79. The molecule has 1 amide bonds. The molecule has 11 nitrogen and oxygen atoms in total. The molecular formula is C27H43N3O8. The van der Waals surface area contributed by atoms with Crippen LogP contribution in [0.2, 0.25) is 0 Å². The average Bonchev–Trinajstić information content (AvgIpc) is 2.85. The van der Waals surface area contributed by atoms with Gasteiger partial charge in [0.2, 0.25) is 0 Å². The third-order valence-corrected chi connectivity index (χ3v) is 7.46. The molecule has 0 unspecified atom stereocenters. The number of benzene rings is 1. The summed E-state index contributed by atoms with van der Waals surface area (Å²) in [6.45, 7) is 3.26. The molecule has 11 heteroatoms. The lowest BCUT2D eigenvalue weighted by Crippen LogP contribution is -2.43. The molecule has 2 fully saturated rings. The molecule has 2 aliphatic rings. The standard InChI is InChI=1S/C15H22N2O4.C12H21NO4/c1-16(2)11-13-6-3-4-9-15(13,18)12-7-5-8-14(10-12)21-17(19)20;1-2-17-11(16)13-9-12(8-10(14)15)6-4-3-5-7-12/h5,7-8,10,13,18H,3-4,6,9,11H2,1-2H3;2-9H2,1H3,(H,13,16)(H,14,15)/t13-,15-;/m1./s1. The van der Waals surface area contributed by atoms with Crippen LogP contribution in [0.3, 0.4) is 0 Å². The van der Waals surface area contributed by atoms with Crippen LogP contribution >= 0.6 is 0 Å². The Bertz CT molecular complexity index is 919. The Hall–Kier alpha value is -2.92. The van der Waals surface area contributed by atoms with Crippen LogP contribution in [-0.4, -0.2) is 66.1 Å². The first-order valence-corrected chi connectivity index (χ1v) is 13.4. The number of carbonyl (C=O) groups excluding carboxylic acids is 1. The summed E-state index contributed by atoms with van der Waals surface area (Å²) in [6.07, 6.45) is 8.32. The van der Waals surface area contributed by atoms with E-state index >= 15 is 0 Å². The van der Waals surface area contributed by atoms with E-state index in [9.17, 15) is 24.8 Å². The van der Waals surface area contributed by atoms with E-state index in [2.05, 4.69) is 15.1 Å². The first kappa shape index (κ1) is 31.3. The molecule has 0 saturated heterocycles. The van der Waals surface area contributed by atoms with Crippen LogP contribution < -0.4 is 10.2 Å². The minimum Gasteiger partial charge on any atom is -0.481 e. The van der Waals surface area contributed by atoms with Gasteiger partial charge < -0.3 is 25.2 Å². The summed E-state index contributed by atoms with van der Waals surface area (Å²) in [5, 5.41) is 32.4. The van der Waals surface area contributed by atoms with Crippen LogP contribution in [0.15, 0.2) is 24.3 Å². The van der Waals surface area contributed by atoms with Crippen molar-refractivity contribution in [3.8, 4) is 5.75 Å². The van der Waals surface area contributed by atoms with Crippen LogP contribution in [0.4, 0.5) is 4.79 Å². The minimum atomic E-state index is -0.946. The molecule has 0 spiro atoms. The number of carboxylic acid groups (broad SMARTS) is 1. The number of nitrogens with one attached hydrogen (secondary N) is 1. The number of hydrogen-bond acceptors (Lipinski definition) is 8. The second-order valence-electron chi connectivity index (χ2n) is 10.7. The molecule has 0 heterocycles. The van der Waals surface area contributed by atoms with E-state index in [1.807, 2.05) is 20.2 Å². The maximum Gasteiger partial charge on any atom is 0.407 e. The number of aliphatic carboxylic acids is 1. The summed E-state index contributed by atoms with van der Waals surface area (Å²) in [6, 6.07) is 6.62. The van der Waals surface area contributed by atoms with Gasteiger partial charge in [0.15, 0.2) is 0 Å². The minimum absolute atomic E-state index is 0.118. The highest BCUT2D eigenvalue weighted by Gasteiger charge is 2.40. The van der Waals surface area contributed by atoms with Gasteiger partial charge in [-0.05, 0) is 69.8 Å². The Morgan fingerprint density at radius 2 is 1.84 bits per heavy atom. The van der Waals surface area contributed by atoms with Crippen molar-refractivity contribution in [2.45, 2.75) is 76.7 Å². The quantitative estimate of drug-likeness (QED) is 0.292. The number of alkyl carbamates (subject to hydrolysis) is 1. The maximum atomic E-state index is 11.2. The number of rotatable bonds is 10. The van der Waals surface area contributed by atoms with Crippen LogP contribution in [0, 0.1) is 21.4 Å². The third kappa shape index (κ3) is 9.75. The van der Waals surface area contributed by atoms with Gasteiger partial charge in [0.1, 0.15) is 5.75 Å². The molecule has 2 aliphatic carbocycles. The molecule has 38 heavy (non-hydrogen) atoms. The van der Waals surface area contributed by atoms with Crippen LogP contribution in [0.1, 0.15) is 76.7 Å². The van der Waals surface area contributed by atoms with Crippen LogP contribution in [0.25, 0.3) is 0 Å². The van der Waals surface area contributed by atoms with Crippen molar-refractivity contribution in [2.24, 2.45) is 11.3 Å². The third-order valence-electron chi connectivity index (χ3n) is 7.46. The molecule has 0 radical (unpaired) electrons. The smallest absolute Gasteiger partial charge is 0.407 e. The van der Waals surface area contributed by atoms with Crippen LogP contribution in [0.5, 0.6) is 5.75 Å². The van der Waals surface area contributed by atoms with Gasteiger partial charge in [-0.15, -0.1) is 10.1 Å². The highest BCUT2D eigenvalue weighted by Crippen LogP contribution is 2.43. The monoisotopic (exact) mass is 537 g/mol. The van der Waals surface area contributed by atoms with E-state index in [0.717, 1.165) is 57.9 Å².